The van der Waals surface area contributed by atoms with E-state index in [4.69, 9.17) is 9.47 Å². The smallest absolute Gasteiger partial charge is 0.330 e. The Kier molecular flexibility index (Phi) is 4.56. The quantitative estimate of drug-likeness (QED) is 0.824. The van der Waals surface area contributed by atoms with Crippen LogP contribution in [-0.2, 0) is 19.8 Å². The van der Waals surface area contributed by atoms with Crippen molar-refractivity contribution in [2.75, 3.05) is 20.3 Å². The minimum atomic E-state index is -0.831. The fourth-order valence-corrected chi connectivity index (χ4v) is 2.39. The summed E-state index contributed by atoms with van der Waals surface area (Å²) in [6.45, 7) is 3.32. The molecule has 0 amide bonds. The van der Waals surface area contributed by atoms with Crippen molar-refractivity contribution in [1.29, 1.82) is 0 Å². The van der Waals surface area contributed by atoms with Crippen molar-refractivity contribution in [1.82, 2.24) is 5.32 Å². The van der Waals surface area contributed by atoms with Gasteiger partial charge in [0.1, 0.15) is 5.54 Å². The van der Waals surface area contributed by atoms with E-state index in [0.717, 1.165) is 25.0 Å². The first-order chi connectivity index (χ1) is 9.16. The number of benzene rings is 1. The van der Waals surface area contributed by atoms with Crippen LogP contribution in [0.5, 0.6) is 0 Å². The zero-order valence-electron chi connectivity index (χ0n) is 11.5. The number of hydrogen-bond acceptors (Lipinski definition) is 4. The van der Waals surface area contributed by atoms with E-state index in [1.807, 2.05) is 37.3 Å². The van der Waals surface area contributed by atoms with Crippen molar-refractivity contribution in [3.05, 3.63) is 35.9 Å². The van der Waals surface area contributed by atoms with Crippen LogP contribution in [0.1, 0.15) is 25.3 Å². The van der Waals surface area contributed by atoms with Gasteiger partial charge >= 0.3 is 5.97 Å². The maximum atomic E-state index is 12.1. The lowest BCUT2D eigenvalue weighted by atomic mass is 9.91. The lowest BCUT2D eigenvalue weighted by Gasteiger charge is -2.29. The predicted octanol–water partition coefficient (Wildman–Crippen LogP) is 1.84. The number of methoxy groups -OCH3 is 1. The highest BCUT2D eigenvalue weighted by molar-refractivity contribution is 5.82. The average Bonchev–Trinajstić information content (AvgIpc) is 2.98. The Hall–Kier alpha value is -1.39. The summed E-state index contributed by atoms with van der Waals surface area (Å²) in [4.78, 5) is 12.1. The maximum Gasteiger partial charge on any atom is 0.330 e. The molecule has 0 aromatic heterocycles. The minimum Gasteiger partial charge on any atom is -0.467 e. The predicted molar refractivity (Wildman–Crippen MR) is 72.8 cm³/mol. The van der Waals surface area contributed by atoms with Crippen molar-refractivity contribution < 1.29 is 14.3 Å². The Bertz CT molecular complexity index is 415. The van der Waals surface area contributed by atoms with Gasteiger partial charge in [-0.1, -0.05) is 30.3 Å². The van der Waals surface area contributed by atoms with Crippen LogP contribution < -0.4 is 5.32 Å². The number of ether oxygens (including phenoxy) is 2. The zero-order valence-corrected chi connectivity index (χ0v) is 11.5. The van der Waals surface area contributed by atoms with Crippen molar-refractivity contribution in [2.24, 2.45) is 0 Å². The number of carbonyl (C=O) groups excluding carboxylic acids is 1. The molecule has 0 aliphatic carbocycles. The number of nitrogens with one attached hydrogen (secondary N) is 1. The van der Waals surface area contributed by atoms with Gasteiger partial charge in [0.25, 0.3) is 0 Å². The molecule has 4 heteroatoms. The van der Waals surface area contributed by atoms with E-state index in [1.165, 1.54) is 7.11 Å². The third-order valence-corrected chi connectivity index (χ3v) is 3.65. The molecule has 1 heterocycles. The Balaban J connectivity index is 2.12. The van der Waals surface area contributed by atoms with Gasteiger partial charge in [0.15, 0.2) is 0 Å². The highest BCUT2D eigenvalue weighted by atomic mass is 16.5. The SMILES string of the molecule is COC(=O)C(C)(NCC1CCCO1)c1ccccc1. The van der Waals surface area contributed by atoms with Gasteiger partial charge in [-0.2, -0.15) is 0 Å². The van der Waals surface area contributed by atoms with Crippen LogP contribution in [0.3, 0.4) is 0 Å². The molecular weight excluding hydrogens is 242 g/mol. The molecule has 1 aliphatic rings. The standard InChI is InChI=1S/C15H21NO3/c1-15(14(17)18-2,12-7-4-3-5-8-12)16-11-13-9-6-10-19-13/h3-5,7-8,13,16H,6,9-11H2,1-2H3. The number of esters is 1. The maximum absolute atomic E-state index is 12.1. The molecule has 19 heavy (non-hydrogen) atoms. The van der Waals surface area contributed by atoms with Crippen LogP contribution in [0.15, 0.2) is 30.3 Å². The third kappa shape index (κ3) is 3.14. The van der Waals surface area contributed by atoms with Crippen LogP contribution >= 0.6 is 0 Å². The minimum absolute atomic E-state index is 0.188. The molecule has 2 unspecified atom stereocenters. The zero-order chi connectivity index (χ0) is 13.7. The molecule has 1 saturated heterocycles. The summed E-state index contributed by atoms with van der Waals surface area (Å²) in [7, 11) is 1.41. The second-order valence-electron chi connectivity index (χ2n) is 5.00. The highest BCUT2D eigenvalue weighted by Gasteiger charge is 2.36. The Morgan fingerprint density at radius 3 is 2.79 bits per heavy atom. The van der Waals surface area contributed by atoms with Gasteiger partial charge in [-0.3, -0.25) is 5.32 Å². The first kappa shape index (κ1) is 14.0. The molecule has 2 rings (SSSR count). The lowest BCUT2D eigenvalue weighted by molar-refractivity contribution is -0.148. The molecule has 1 aromatic carbocycles. The summed E-state index contributed by atoms with van der Waals surface area (Å²) in [6, 6.07) is 9.63. The fourth-order valence-electron chi connectivity index (χ4n) is 2.39. The van der Waals surface area contributed by atoms with Gasteiger partial charge in [-0.25, -0.2) is 4.79 Å². The first-order valence-corrected chi connectivity index (χ1v) is 6.67. The molecule has 0 spiro atoms. The summed E-state index contributed by atoms with van der Waals surface area (Å²) >= 11 is 0. The van der Waals surface area contributed by atoms with Crippen molar-refractivity contribution >= 4 is 5.97 Å². The average molecular weight is 263 g/mol. The molecule has 1 aromatic rings. The second-order valence-corrected chi connectivity index (χ2v) is 5.00. The molecule has 1 N–H and O–H groups in total. The van der Waals surface area contributed by atoms with E-state index in [2.05, 4.69) is 5.32 Å². The van der Waals surface area contributed by atoms with Gasteiger partial charge in [-0.05, 0) is 25.3 Å². The Labute approximate surface area is 114 Å². The largest absolute Gasteiger partial charge is 0.467 e. The Morgan fingerprint density at radius 2 is 2.21 bits per heavy atom. The summed E-state index contributed by atoms with van der Waals surface area (Å²) in [6.07, 6.45) is 2.32. The molecular formula is C15H21NO3. The normalized spacial score (nSPS) is 21.9. The summed E-state index contributed by atoms with van der Waals surface area (Å²) in [5.41, 5.74) is 0.0712. The molecule has 104 valence electrons. The van der Waals surface area contributed by atoms with Crippen LogP contribution in [0.2, 0.25) is 0 Å². The summed E-state index contributed by atoms with van der Waals surface area (Å²) in [5, 5.41) is 3.31. The molecule has 0 bridgehead atoms. The monoisotopic (exact) mass is 263 g/mol. The van der Waals surface area contributed by atoms with Gasteiger partial charge in [0, 0.05) is 13.2 Å². The summed E-state index contributed by atoms with van der Waals surface area (Å²) < 4.78 is 10.5. The van der Waals surface area contributed by atoms with Crippen molar-refractivity contribution in [3.63, 3.8) is 0 Å². The fraction of sp³-hybridized carbons (Fsp3) is 0.533. The topological polar surface area (TPSA) is 47.6 Å². The van der Waals surface area contributed by atoms with E-state index >= 15 is 0 Å². The molecule has 1 aliphatic heterocycles. The number of hydrogen-bond donors (Lipinski definition) is 1. The van der Waals surface area contributed by atoms with E-state index in [0.29, 0.717) is 6.54 Å². The van der Waals surface area contributed by atoms with Crippen molar-refractivity contribution in [3.8, 4) is 0 Å². The first-order valence-electron chi connectivity index (χ1n) is 6.67. The van der Waals surface area contributed by atoms with Crippen LogP contribution in [-0.4, -0.2) is 32.3 Å². The molecule has 4 nitrogen and oxygen atoms in total. The molecule has 2 atom stereocenters. The number of carbonyl (C=O) groups is 1. The van der Waals surface area contributed by atoms with Gasteiger partial charge in [-0.15, -0.1) is 0 Å². The lowest BCUT2D eigenvalue weighted by Crippen LogP contribution is -2.49. The Morgan fingerprint density at radius 1 is 1.47 bits per heavy atom. The van der Waals surface area contributed by atoms with Crippen LogP contribution in [0.25, 0.3) is 0 Å². The van der Waals surface area contributed by atoms with Gasteiger partial charge in [0.2, 0.25) is 0 Å². The van der Waals surface area contributed by atoms with E-state index in [-0.39, 0.29) is 12.1 Å². The van der Waals surface area contributed by atoms with Crippen LogP contribution in [0.4, 0.5) is 0 Å². The van der Waals surface area contributed by atoms with Gasteiger partial charge < -0.3 is 9.47 Å². The molecule has 0 saturated carbocycles. The van der Waals surface area contributed by atoms with E-state index in [1.54, 1.807) is 0 Å². The number of rotatable bonds is 5. The van der Waals surface area contributed by atoms with E-state index < -0.39 is 5.54 Å². The highest BCUT2D eigenvalue weighted by Crippen LogP contribution is 2.23. The third-order valence-electron chi connectivity index (χ3n) is 3.65. The van der Waals surface area contributed by atoms with Crippen LogP contribution in [0, 0.1) is 0 Å². The molecule has 1 fully saturated rings. The van der Waals surface area contributed by atoms with Crippen molar-refractivity contribution in [2.45, 2.75) is 31.4 Å². The second kappa shape index (κ2) is 6.17. The summed E-state index contributed by atoms with van der Waals surface area (Å²) in [5.74, 6) is -0.281. The molecule has 0 radical (unpaired) electrons. The van der Waals surface area contributed by atoms with Gasteiger partial charge in [0.05, 0.1) is 13.2 Å². The van der Waals surface area contributed by atoms with E-state index in [9.17, 15) is 4.79 Å².